The van der Waals surface area contributed by atoms with Crippen LogP contribution in [0, 0.1) is 23.7 Å². The molecule has 0 aromatic heterocycles. The van der Waals surface area contributed by atoms with Gasteiger partial charge in [0.15, 0.2) is 0 Å². The summed E-state index contributed by atoms with van der Waals surface area (Å²) in [5, 5.41) is -0.762. The third-order valence-corrected chi connectivity index (χ3v) is 9.02. The molecule has 4 aliphatic rings. The highest BCUT2D eigenvalue weighted by molar-refractivity contribution is 7.90. The Morgan fingerprint density at radius 3 is 2.38 bits per heavy atom. The Morgan fingerprint density at radius 1 is 1.15 bits per heavy atom. The highest BCUT2D eigenvalue weighted by atomic mass is 32.2. The summed E-state index contributed by atoms with van der Waals surface area (Å²) >= 11 is 0. The Kier molecular flexibility index (Phi) is 4.15. The van der Waals surface area contributed by atoms with Crippen molar-refractivity contribution in [2.24, 2.45) is 23.7 Å². The highest BCUT2D eigenvalue weighted by Gasteiger charge is 2.71. The maximum atomic E-state index is 13.2. The van der Waals surface area contributed by atoms with Crippen molar-refractivity contribution in [2.75, 3.05) is 0 Å². The van der Waals surface area contributed by atoms with E-state index in [-0.39, 0.29) is 17.8 Å². The molecule has 1 N–H and O–H groups in total. The van der Waals surface area contributed by atoms with Gasteiger partial charge in [-0.25, -0.2) is 13.1 Å². The number of nitrogens with one attached hydrogen (secondary N) is 1. The molecule has 1 heterocycles. The zero-order chi connectivity index (χ0) is 18.9. The van der Waals surface area contributed by atoms with E-state index >= 15 is 0 Å². The SMILES string of the molecule is CC(=O)OC1C2CC3C1NS(=O)(=O)C3C2C(=O)OC1(C(C)C)CCCC1. The number of ether oxygens (including phenoxy) is 2. The highest BCUT2D eigenvalue weighted by Crippen LogP contribution is 2.57. The second-order valence-corrected chi connectivity index (χ2v) is 10.5. The molecule has 1 aliphatic heterocycles. The van der Waals surface area contributed by atoms with Crippen LogP contribution in [0.15, 0.2) is 0 Å². The molecule has 6 unspecified atom stereocenters. The van der Waals surface area contributed by atoms with Gasteiger partial charge in [0, 0.05) is 12.8 Å². The van der Waals surface area contributed by atoms with Gasteiger partial charge in [-0.2, -0.15) is 0 Å². The van der Waals surface area contributed by atoms with Gasteiger partial charge in [0.25, 0.3) is 0 Å². The number of sulfonamides is 1. The largest absolute Gasteiger partial charge is 0.461 e. The summed E-state index contributed by atoms with van der Waals surface area (Å²) in [7, 11) is -3.61. The van der Waals surface area contributed by atoms with Gasteiger partial charge < -0.3 is 9.47 Å². The quantitative estimate of drug-likeness (QED) is 0.734. The molecular weight excluding hydrogens is 358 g/mol. The average molecular weight is 385 g/mol. The number of hydrogen-bond acceptors (Lipinski definition) is 6. The second kappa shape index (κ2) is 5.92. The Labute approximate surface area is 154 Å². The normalized spacial score (nSPS) is 41.5. The monoisotopic (exact) mass is 385 g/mol. The van der Waals surface area contributed by atoms with E-state index in [0.29, 0.717) is 6.42 Å². The van der Waals surface area contributed by atoms with Crippen molar-refractivity contribution in [2.45, 2.75) is 75.9 Å². The third kappa shape index (κ3) is 2.52. The van der Waals surface area contributed by atoms with Gasteiger partial charge in [-0.15, -0.1) is 0 Å². The van der Waals surface area contributed by atoms with Gasteiger partial charge >= 0.3 is 11.9 Å². The molecule has 2 bridgehead atoms. The maximum absolute atomic E-state index is 13.2. The number of esters is 2. The molecule has 0 spiro atoms. The van der Waals surface area contributed by atoms with E-state index in [1.807, 2.05) is 13.8 Å². The molecule has 8 heteroatoms. The van der Waals surface area contributed by atoms with Crippen LogP contribution in [0.4, 0.5) is 0 Å². The van der Waals surface area contributed by atoms with Crippen LogP contribution >= 0.6 is 0 Å². The van der Waals surface area contributed by atoms with Crippen molar-refractivity contribution < 1.29 is 27.5 Å². The van der Waals surface area contributed by atoms with Crippen LogP contribution in [-0.2, 0) is 29.1 Å². The Balaban J connectivity index is 1.63. The second-order valence-electron chi connectivity index (χ2n) is 8.66. The van der Waals surface area contributed by atoms with Crippen molar-refractivity contribution in [1.82, 2.24) is 4.72 Å². The van der Waals surface area contributed by atoms with Crippen LogP contribution in [0.3, 0.4) is 0 Å². The fourth-order valence-electron chi connectivity index (χ4n) is 5.85. The lowest BCUT2D eigenvalue weighted by molar-refractivity contribution is -0.175. The summed E-state index contributed by atoms with van der Waals surface area (Å²) in [6.45, 7) is 5.41. The Bertz CT molecular complexity index is 726. The van der Waals surface area contributed by atoms with Crippen molar-refractivity contribution in [3.8, 4) is 0 Å². The molecule has 0 amide bonds. The van der Waals surface area contributed by atoms with Gasteiger partial charge in [-0.05, 0) is 43.9 Å². The lowest BCUT2D eigenvalue weighted by Gasteiger charge is -2.37. The molecule has 1 saturated heterocycles. The first-order valence-electron chi connectivity index (χ1n) is 9.57. The lowest BCUT2D eigenvalue weighted by Crippen LogP contribution is -2.49. The molecule has 7 nitrogen and oxygen atoms in total. The predicted octanol–water partition coefficient (Wildman–Crippen LogP) is 1.37. The first-order valence-corrected chi connectivity index (χ1v) is 11.1. The van der Waals surface area contributed by atoms with Gasteiger partial charge in [-0.1, -0.05) is 13.8 Å². The fourth-order valence-corrected chi connectivity index (χ4v) is 8.14. The number of rotatable bonds is 4. The van der Waals surface area contributed by atoms with Crippen LogP contribution < -0.4 is 4.72 Å². The van der Waals surface area contributed by atoms with Crippen molar-refractivity contribution in [3.63, 3.8) is 0 Å². The van der Waals surface area contributed by atoms with Crippen molar-refractivity contribution in [3.05, 3.63) is 0 Å². The topological polar surface area (TPSA) is 98.8 Å². The van der Waals surface area contributed by atoms with Gasteiger partial charge in [0.05, 0.1) is 17.2 Å². The summed E-state index contributed by atoms with van der Waals surface area (Å²) in [4.78, 5) is 24.6. The lowest BCUT2D eigenvalue weighted by atomic mass is 9.82. The molecule has 0 aromatic carbocycles. The van der Waals surface area contributed by atoms with E-state index in [2.05, 4.69) is 4.72 Å². The predicted molar refractivity (Wildman–Crippen MR) is 92.4 cm³/mol. The van der Waals surface area contributed by atoms with E-state index in [0.717, 1.165) is 25.7 Å². The van der Waals surface area contributed by atoms with E-state index in [1.54, 1.807) is 0 Å². The summed E-state index contributed by atoms with van der Waals surface area (Å²) in [6, 6.07) is -0.409. The summed E-state index contributed by atoms with van der Waals surface area (Å²) in [5.41, 5.74) is -0.495. The first-order chi connectivity index (χ1) is 12.2. The summed E-state index contributed by atoms with van der Waals surface area (Å²) in [5.74, 6) is -1.93. The minimum atomic E-state index is -3.61. The van der Waals surface area contributed by atoms with Gasteiger partial charge in [0.2, 0.25) is 10.0 Å². The number of carbonyl (C=O) groups is 2. The van der Waals surface area contributed by atoms with Crippen LogP contribution in [0.1, 0.15) is 52.9 Å². The van der Waals surface area contributed by atoms with E-state index in [9.17, 15) is 18.0 Å². The summed E-state index contributed by atoms with van der Waals surface area (Å²) in [6.07, 6.45) is 3.68. The van der Waals surface area contributed by atoms with E-state index in [1.165, 1.54) is 6.92 Å². The summed E-state index contributed by atoms with van der Waals surface area (Å²) < 4.78 is 39.3. The molecule has 146 valence electrons. The van der Waals surface area contributed by atoms with Crippen LogP contribution in [0.25, 0.3) is 0 Å². The molecule has 3 saturated carbocycles. The molecule has 4 rings (SSSR count). The Hall–Kier alpha value is -1.15. The van der Waals surface area contributed by atoms with Gasteiger partial charge in [-0.3, -0.25) is 9.59 Å². The zero-order valence-corrected chi connectivity index (χ0v) is 16.3. The molecule has 0 aromatic rings. The van der Waals surface area contributed by atoms with Crippen molar-refractivity contribution in [1.29, 1.82) is 0 Å². The molecule has 0 radical (unpaired) electrons. The van der Waals surface area contributed by atoms with Crippen molar-refractivity contribution >= 4 is 22.0 Å². The van der Waals surface area contributed by atoms with Crippen LogP contribution in [0.2, 0.25) is 0 Å². The van der Waals surface area contributed by atoms with Gasteiger partial charge in [0.1, 0.15) is 11.7 Å². The third-order valence-electron chi connectivity index (χ3n) is 7.06. The molecular formula is C18H27NO6S. The number of fused-ring (bicyclic) bond motifs is 1. The molecule has 26 heavy (non-hydrogen) atoms. The van der Waals surface area contributed by atoms with Crippen LogP contribution in [-0.4, -0.2) is 43.4 Å². The van der Waals surface area contributed by atoms with Crippen LogP contribution in [0.5, 0.6) is 0 Å². The minimum absolute atomic E-state index is 0.183. The van der Waals surface area contributed by atoms with E-state index < -0.39 is 50.9 Å². The number of carbonyl (C=O) groups excluding carboxylic acids is 2. The maximum Gasteiger partial charge on any atom is 0.311 e. The Morgan fingerprint density at radius 2 is 1.81 bits per heavy atom. The van der Waals surface area contributed by atoms with E-state index in [4.69, 9.17) is 9.47 Å². The standard InChI is InChI=1S/C18H27NO6S/c1-9(2)18(6-4-5-7-18)25-17(21)13-11-8-12-14(15(11)24-10(3)20)19-26(22,23)16(12)13/h9,11-16,19H,4-8H2,1-3H3. The minimum Gasteiger partial charge on any atom is -0.461 e. The number of hydrogen-bond donors (Lipinski definition) is 1. The molecule has 6 atom stereocenters. The average Bonchev–Trinajstić information content (AvgIpc) is 3.24. The zero-order valence-electron chi connectivity index (χ0n) is 15.4. The fraction of sp³-hybridized carbons (Fsp3) is 0.889. The first kappa shape index (κ1) is 18.2. The molecule has 4 fully saturated rings. The smallest absolute Gasteiger partial charge is 0.311 e. The molecule has 3 aliphatic carbocycles.